The second-order valence-electron chi connectivity index (χ2n) is 6.80. The van der Waals surface area contributed by atoms with Gasteiger partial charge in [-0.1, -0.05) is 25.4 Å². The van der Waals surface area contributed by atoms with E-state index < -0.39 is 10.0 Å². The first-order chi connectivity index (χ1) is 12.8. The molecule has 1 aromatic rings. The maximum Gasteiger partial charge on any atom is 0.255 e. The predicted molar refractivity (Wildman–Crippen MR) is 104 cm³/mol. The van der Waals surface area contributed by atoms with Crippen molar-refractivity contribution in [3.63, 3.8) is 0 Å². The zero-order valence-electron chi connectivity index (χ0n) is 16.0. The van der Waals surface area contributed by atoms with Crippen LogP contribution in [-0.2, 0) is 19.5 Å². The third kappa shape index (κ3) is 5.65. The lowest BCUT2D eigenvalue weighted by Crippen LogP contribution is -2.40. The molecule has 0 bridgehead atoms. The van der Waals surface area contributed by atoms with Crippen LogP contribution in [-0.4, -0.2) is 76.6 Å². The Morgan fingerprint density at radius 3 is 2.59 bits per heavy atom. The van der Waals surface area contributed by atoms with Gasteiger partial charge in [0.1, 0.15) is 0 Å². The summed E-state index contributed by atoms with van der Waals surface area (Å²) in [5.74, 6) is -0.0466. The van der Waals surface area contributed by atoms with Gasteiger partial charge in [0.25, 0.3) is 5.91 Å². The molecule has 1 aliphatic heterocycles. The minimum Gasteiger partial charge on any atom is -0.383 e. The summed E-state index contributed by atoms with van der Waals surface area (Å²) in [6, 6.07) is 4.27. The summed E-state index contributed by atoms with van der Waals surface area (Å²) >= 11 is 6.23. The number of hydrogen-bond acceptors (Lipinski definition) is 5. The zero-order chi connectivity index (χ0) is 20.0. The van der Waals surface area contributed by atoms with Gasteiger partial charge >= 0.3 is 0 Å². The highest BCUT2D eigenvalue weighted by Crippen LogP contribution is 2.25. The molecule has 1 aromatic carbocycles. The number of carbonyl (C=O) groups excluding carboxylic acids is 1. The van der Waals surface area contributed by atoms with Crippen LogP contribution >= 0.6 is 11.6 Å². The van der Waals surface area contributed by atoms with Crippen LogP contribution < -0.4 is 0 Å². The Morgan fingerprint density at radius 1 is 1.33 bits per heavy atom. The summed E-state index contributed by atoms with van der Waals surface area (Å²) in [5, 5.41) is 0.229. The van der Waals surface area contributed by atoms with E-state index in [4.69, 9.17) is 21.1 Å². The number of amides is 1. The molecule has 1 saturated heterocycles. The molecular weight excluding hydrogens is 392 g/mol. The summed E-state index contributed by atoms with van der Waals surface area (Å²) in [5.41, 5.74) is 0.183. The minimum absolute atomic E-state index is 0.0633. The normalized spacial score (nSPS) is 15.9. The number of benzene rings is 1. The minimum atomic E-state index is -3.70. The SMILES string of the molecule is COCCN(CC(C)C)C(=O)c1cc(S(=O)(=O)N2CCOCC2)ccc1Cl. The van der Waals surface area contributed by atoms with Crippen LogP contribution in [0.25, 0.3) is 0 Å². The van der Waals surface area contributed by atoms with Crippen molar-refractivity contribution in [2.45, 2.75) is 18.7 Å². The van der Waals surface area contributed by atoms with Crippen LogP contribution in [0, 0.1) is 5.92 Å². The van der Waals surface area contributed by atoms with Crippen molar-refractivity contribution in [3.8, 4) is 0 Å². The number of nitrogens with zero attached hydrogens (tertiary/aromatic N) is 2. The van der Waals surface area contributed by atoms with Crippen molar-refractivity contribution in [3.05, 3.63) is 28.8 Å². The molecule has 0 N–H and O–H groups in total. The molecule has 152 valence electrons. The molecule has 0 unspecified atom stereocenters. The maximum absolute atomic E-state index is 13.0. The standard InChI is InChI=1S/C18H27ClN2O5S/c1-14(2)13-20(6-9-25-3)18(22)16-12-15(4-5-17(16)19)27(23,24)21-7-10-26-11-8-21/h4-5,12,14H,6-11,13H2,1-3H3. The molecule has 0 aliphatic carbocycles. The predicted octanol–water partition coefficient (Wildman–Crippen LogP) is 2.11. The monoisotopic (exact) mass is 418 g/mol. The average molecular weight is 419 g/mol. The number of sulfonamides is 1. The zero-order valence-corrected chi connectivity index (χ0v) is 17.6. The molecule has 0 aromatic heterocycles. The summed E-state index contributed by atoms with van der Waals surface area (Å²) < 4.78 is 37.4. The first-order valence-electron chi connectivity index (χ1n) is 8.93. The van der Waals surface area contributed by atoms with Crippen molar-refractivity contribution in [2.75, 3.05) is 53.1 Å². The Balaban J connectivity index is 2.33. The van der Waals surface area contributed by atoms with E-state index >= 15 is 0 Å². The molecule has 0 spiro atoms. The molecule has 7 nitrogen and oxygen atoms in total. The average Bonchev–Trinajstić information content (AvgIpc) is 2.65. The third-order valence-corrected chi connectivity index (χ3v) is 6.44. The maximum atomic E-state index is 13.0. The van der Waals surface area contributed by atoms with Crippen LogP contribution in [0.15, 0.2) is 23.1 Å². The third-order valence-electron chi connectivity index (χ3n) is 4.21. The second-order valence-corrected chi connectivity index (χ2v) is 9.14. The molecule has 0 radical (unpaired) electrons. The van der Waals surface area contributed by atoms with E-state index in [1.165, 1.54) is 22.5 Å². The van der Waals surface area contributed by atoms with E-state index in [-0.39, 0.29) is 27.3 Å². The highest BCUT2D eigenvalue weighted by molar-refractivity contribution is 7.89. The Bertz CT molecular complexity index is 748. The largest absolute Gasteiger partial charge is 0.383 e. The van der Waals surface area contributed by atoms with Crippen molar-refractivity contribution >= 4 is 27.5 Å². The van der Waals surface area contributed by atoms with E-state index in [1.807, 2.05) is 13.8 Å². The van der Waals surface area contributed by atoms with Crippen LogP contribution in [0.3, 0.4) is 0 Å². The Morgan fingerprint density at radius 2 is 2.00 bits per heavy atom. The molecule has 1 fully saturated rings. The number of carbonyl (C=O) groups is 1. The fourth-order valence-corrected chi connectivity index (χ4v) is 4.49. The topological polar surface area (TPSA) is 76.2 Å². The van der Waals surface area contributed by atoms with Gasteiger partial charge in [0.05, 0.1) is 35.3 Å². The van der Waals surface area contributed by atoms with Crippen LogP contribution in [0.1, 0.15) is 24.2 Å². The molecule has 1 amide bonds. The van der Waals surface area contributed by atoms with Crippen LogP contribution in [0.2, 0.25) is 5.02 Å². The number of hydrogen-bond donors (Lipinski definition) is 0. The Labute approximate surface area is 166 Å². The number of halogens is 1. The van der Waals surface area contributed by atoms with Gasteiger partial charge in [-0.15, -0.1) is 0 Å². The van der Waals surface area contributed by atoms with E-state index in [0.29, 0.717) is 46.0 Å². The van der Waals surface area contributed by atoms with Gasteiger partial charge in [0.15, 0.2) is 0 Å². The lowest BCUT2D eigenvalue weighted by Gasteiger charge is -2.27. The van der Waals surface area contributed by atoms with Gasteiger partial charge in [0.2, 0.25) is 10.0 Å². The summed E-state index contributed by atoms with van der Waals surface area (Å²) in [7, 11) is -2.13. The van der Waals surface area contributed by atoms with Gasteiger partial charge in [-0.2, -0.15) is 4.31 Å². The smallest absolute Gasteiger partial charge is 0.255 e. The van der Waals surface area contributed by atoms with Crippen LogP contribution in [0.5, 0.6) is 0 Å². The van der Waals surface area contributed by atoms with E-state index in [2.05, 4.69) is 0 Å². The lowest BCUT2D eigenvalue weighted by molar-refractivity contribution is 0.0672. The molecule has 1 heterocycles. The van der Waals surface area contributed by atoms with Gasteiger partial charge in [0, 0.05) is 33.3 Å². The quantitative estimate of drug-likeness (QED) is 0.646. The fourth-order valence-electron chi connectivity index (χ4n) is 2.85. The van der Waals surface area contributed by atoms with Gasteiger partial charge in [-0.25, -0.2) is 8.42 Å². The molecule has 1 aliphatic rings. The Hall–Kier alpha value is -1.19. The van der Waals surface area contributed by atoms with E-state index in [9.17, 15) is 13.2 Å². The highest BCUT2D eigenvalue weighted by atomic mass is 35.5. The fraction of sp³-hybridized carbons (Fsp3) is 0.611. The van der Waals surface area contributed by atoms with Gasteiger partial charge in [-0.3, -0.25) is 4.79 Å². The molecule has 2 rings (SSSR count). The number of morpholine rings is 1. The van der Waals surface area contributed by atoms with E-state index in [0.717, 1.165) is 0 Å². The number of methoxy groups -OCH3 is 1. The lowest BCUT2D eigenvalue weighted by atomic mass is 10.1. The van der Waals surface area contributed by atoms with Crippen LogP contribution in [0.4, 0.5) is 0 Å². The van der Waals surface area contributed by atoms with Crippen molar-refractivity contribution in [1.29, 1.82) is 0 Å². The van der Waals surface area contributed by atoms with Crippen molar-refractivity contribution in [1.82, 2.24) is 9.21 Å². The first kappa shape index (κ1) is 22.1. The Kier molecular flexibility index (Phi) is 8.05. The molecular formula is C18H27ClN2O5S. The van der Waals surface area contributed by atoms with Gasteiger partial charge in [-0.05, 0) is 24.1 Å². The molecule has 0 saturated carbocycles. The van der Waals surface area contributed by atoms with Gasteiger partial charge < -0.3 is 14.4 Å². The highest BCUT2D eigenvalue weighted by Gasteiger charge is 2.28. The second kappa shape index (κ2) is 9.84. The first-order valence-corrected chi connectivity index (χ1v) is 10.7. The molecule has 27 heavy (non-hydrogen) atoms. The summed E-state index contributed by atoms with van der Waals surface area (Å²) in [6.45, 7) is 6.64. The van der Waals surface area contributed by atoms with Crippen molar-refractivity contribution in [2.24, 2.45) is 5.92 Å². The summed E-state index contributed by atoms with van der Waals surface area (Å²) in [4.78, 5) is 14.7. The summed E-state index contributed by atoms with van der Waals surface area (Å²) in [6.07, 6.45) is 0. The van der Waals surface area contributed by atoms with E-state index in [1.54, 1.807) is 12.0 Å². The molecule has 0 atom stereocenters. The number of rotatable bonds is 8. The van der Waals surface area contributed by atoms with Crippen molar-refractivity contribution < 1.29 is 22.7 Å². The number of ether oxygens (including phenoxy) is 2. The molecule has 9 heteroatoms.